The molecule has 0 aliphatic heterocycles. The van der Waals surface area contributed by atoms with Crippen molar-refractivity contribution >= 4 is 5.82 Å². The Morgan fingerprint density at radius 3 is 2.64 bits per heavy atom. The van der Waals surface area contributed by atoms with E-state index in [9.17, 15) is 4.39 Å². The zero-order chi connectivity index (χ0) is 17.2. The second-order valence-electron chi connectivity index (χ2n) is 5.25. The molecule has 0 bridgehead atoms. The van der Waals surface area contributed by atoms with Gasteiger partial charge in [0.05, 0.1) is 5.69 Å². The topological polar surface area (TPSA) is 95.4 Å². The average Bonchev–Trinajstić information content (AvgIpc) is 3.12. The lowest BCUT2D eigenvalue weighted by molar-refractivity contribution is 0.621. The van der Waals surface area contributed by atoms with Crippen LogP contribution in [0.1, 0.15) is 0 Å². The average molecular weight is 333 g/mol. The number of nitrogen functional groups attached to an aromatic ring is 1. The summed E-state index contributed by atoms with van der Waals surface area (Å²) in [5.74, 6) is 0.236. The Kier molecular flexibility index (Phi) is 3.62. The molecule has 0 atom stereocenters. The van der Waals surface area contributed by atoms with Crippen molar-refractivity contribution < 1.29 is 4.39 Å². The number of hydrogen-bond donors (Lipinski definition) is 1. The number of aromatic nitrogens is 6. The second-order valence-corrected chi connectivity index (χ2v) is 5.25. The van der Waals surface area contributed by atoms with Crippen LogP contribution >= 0.6 is 0 Å². The molecule has 3 aromatic heterocycles. The van der Waals surface area contributed by atoms with Crippen LogP contribution in [0.3, 0.4) is 0 Å². The first kappa shape index (κ1) is 14.9. The molecule has 0 unspecified atom stereocenters. The first-order chi connectivity index (χ1) is 12.2. The number of benzene rings is 1. The van der Waals surface area contributed by atoms with Crippen molar-refractivity contribution in [3.05, 3.63) is 66.7 Å². The fourth-order valence-corrected chi connectivity index (χ4v) is 2.43. The van der Waals surface area contributed by atoms with Crippen molar-refractivity contribution in [2.24, 2.45) is 0 Å². The van der Waals surface area contributed by atoms with E-state index in [1.54, 1.807) is 42.7 Å². The number of halogens is 1. The molecule has 25 heavy (non-hydrogen) atoms. The van der Waals surface area contributed by atoms with Gasteiger partial charge in [-0.1, -0.05) is 6.07 Å². The van der Waals surface area contributed by atoms with Crippen LogP contribution in [0, 0.1) is 5.82 Å². The van der Waals surface area contributed by atoms with Gasteiger partial charge in [0.15, 0.2) is 0 Å². The van der Waals surface area contributed by atoms with E-state index in [1.165, 1.54) is 16.9 Å². The Balaban J connectivity index is 1.77. The van der Waals surface area contributed by atoms with Gasteiger partial charge in [0, 0.05) is 24.0 Å². The van der Waals surface area contributed by atoms with Gasteiger partial charge in [0.1, 0.15) is 17.3 Å². The van der Waals surface area contributed by atoms with E-state index >= 15 is 0 Å². The molecule has 4 aromatic rings. The summed E-state index contributed by atoms with van der Waals surface area (Å²) >= 11 is 0. The Hall–Kier alpha value is -3.68. The van der Waals surface area contributed by atoms with E-state index in [2.05, 4.69) is 25.4 Å². The van der Waals surface area contributed by atoms with E-state index in [0.29, 0.717) is 34.2 Å². The highest BCUT2D eigenvalue weighted by molar-refractivity contribution is 5.74. The molecule has 8 heteroatoms. The van der Waals surface area contributed by atoms with Crippen molar-refractivity contribution in [2.45, 2.75) is 0 Å². The summed E-state index contributed by atoms with van der Waals surface area (Å²) in [5, 5.41) is 12.2. The van der Waals surface area contributed by atoms with E-state index in [1.807, 2.05) is 6.07 Å². The quantitative estimate of drug-likeness (QED) is 0.619. The maximum atomic E-state index is 14.1. The molecule has 122 valence electrons. The molecule has 0 aliphatic rings. The third-order valence-corrected chi connectivity index (χ3v) is 3.57. The molecule has 0 spiro atoms. The van der Waals surface area contributed by atoms with Crippen LogP contribution in [-0.4, -0.2) is 30.2 Å². The van der Waals surface area contributed by atoms with Crippen molar-refractivity contribution in [3.63, 3.8) is 0 Å². The molecular weight excluding hydrogens is 321 g/mol. The molecule has 1 aromatic carbocycles. The highest BCUT2D eigenvalue weighted by atomic mass is 19.1. The van der Waals surface area contributed by atoms with Crippen LogP contribution < -0.4 is 5.73 Å². The van der Waals surface area contributed by atoms with Gasteiger partial charge in [-0.2, -0.15) is 0 Å². The second kappa shape index (κ2) is 6.08. The van der Waals surface area contributed by atoms with Gasteiger partial charge in [0.2, 0.25) is 5.82 Å². The molecule has 2 N–H and O–H groups in total. The van der Waals surface area contributed by atoms with Gasteiger partial charge in [-0.15, -0.1) is 15.0 Å². The number of nitrogens with two attached hydrogens (primary N) is 1. The predicted molar refractivity (Wildman–Crippen MR) is 90.0 cm³/mol. The summed E-state index contributed by atoms with van der Waals surface area (Å²) in [5.41, 5.74) is 8.10. The smallest absolute Gasteiger partial charge is 0.223 e. The monoisotopic (exact) mass is 333 g/mol. The van der Waals surface area contributed by atoms with Gasteiger partial charge in [-0.3, -0.25) is 4.98 Å². The van der Waals surface area contributed by atoms with Crippen molar-refractivity contribution in [1.29, 1.82) is 0 Å². The lowest BCUT2D eigenvalue weighted by atomic mass is 10.1. The Morgan fingerprint density at radius 2 is 1.84 bits per heavy atom. The number of pyridine rings is 2. The molecule has 0 saturated carbocycles. The molecule has 7 nitrogen and oxygen atoms in total. The van der Waals surface area contributed by atoms with Gasteiger partial charge < -0.3 is 5.73 Å². The maximum Gasteiger partial charge on any atom is 0.223 e. The minimum Gasteiger partial charge on any atom is -0.383 e. The molecule has 0 aliphatic carbocycles. The molecule has 3 heterocycles. The Bertz CT molecular complexity index is 1030. The van der Waals surface area contributed by atoms with Crippen LogP contribution in [0.5, 0.6) is 0 Å². The number of nitrogens with zero attached hydrogens (tertiary/aromatic N) is 6. The fraction of sp³-hybridized carbons (Fsp3) is 0. The molecule has 4 rings (SSSR count). The predicted octanol–water partition coefficient (Wildman–Crippen LogP) is 2.51. The number of anilines is 1. The number of rotatable bonds is 3. The standard InChI is InChI=1S/C17H12FN7/c18-12-8-11(14-4-3-7-21-16(14)19)9-13(10-12)25-23-17(22-24-25)15-5-1-2-6-20-15/h1-10H,(H2,19,21). The zero-order valence-electron chi connectivity index (χ0n) is 12.9. The normalized spacial score (nSPS) is 10.8. The van der Waals surface area contributed by atoms with Crippen LogP contribution in [0.2, 0.25) is 0 Å². The highest BCUT2D eigenvalue weighted by Crippen LogP contribution is 2.26. The summed E-state index contributed by atoms with van der Waals surface area (Å²) in [4.78, 5) is 9.45. The largest absolute Gasteiger partial charge is 0.383 e. The minimum atomic E-state index is -0.438. The SMILES string of the molecule is Nc1ncccc1-c1cc(F)cc(-n2nnc(-c3ccccn3)n2)c1. The molecule has 0 saturated heterocycles. The van der Waals surface area contributed by atoms with Crippen LogP contribution in [0.15, 0.2) is 60.9 Å². The van der Waals surface area contributed by atoms with Crippen molar-refractivity contribution in [2.75, 3.05) is 5.73 Å². The van der Waals surface area contributed by atoms with Crippen LogP contribution in [0.4, 0.5) is 10.2 Å². The van der Waals surface area contributed by atoms with Crippen molar-refractivity contribution in [3.8, 4) is 28.3 Å². The first-order valence-electron chi connectivity index (χ1n) is 7.44. The Labute approximate surface area is 142 Å². The molecular formula is C17H12FN7. The van der Waals surface area contributed by atoms with E-state index < -0.39 is 5.82 Å². The van der Waals surface area contributed by atoms with Gasteiger partial charge in [0.25, 0.3) is 0 Å². The highest BCUT2D eigenvalue weighted by Gasteiger charge is 2.12. The van der Waals surface area contributed by atoms with E-state index in [0.717, 1.165) is 0 Å². The number of tetrazole rings is 1. The summed E-state index contributed by atoms with van der Waals surface area (Å²) in [6.07, 6.45) is 3.22. The Morgan fingerprint density at radius 1 is 0.960 bits per heavy atom. The molecule has 0 amide bonds. The number of hydrogen-bond acceptors (Lipinski definition) is 6. The van der Waals surface area contributed by atoms with Gasteiger partial charge in [-0.05, 0) is 47.2 Å². The van der Waals surface area contributed by atoms with Gasteiger partial charge in [-0.25, -0.2) is 9.37 Å². The van der Waals surface area contributed by atoms with E-state index in [-0.39, 0.29) is 0 Å². The summed E-state index contributed by atoms with van der Waals surface area (Å²) in [6, 6.07) is 13.3. The van der Waals surface area contributed by atoms with Crippen molar-refractivity contribution in [1.82, 2.24) is 30.2 Å². The summed E-state index contributed by atoms with van der Waals surface area (Å²) in [7, 11) is 0. The summed E-state index contributed by atoms with van der Waals surface area (Å²) < 4.78 is 14.1. The molecule has 0 fully saturated rings. The molecule has 0 radical (unpaired) electrons. The fourth-order valence-electron chi connectivity index (χ4n) is 2.43. The van der Waals surface area contributed by atoms with E-state index in [4.69, 9.17) is 5.73 Å². The minimum absolute atomic E-state index is 0.319. The van der Waals surface area contributed by atoms with Crippen LogP contribution in [-0.2, 0) is 0 Å². The third-order valence-electron chi connectivity index (χ3n) is 3.57. The van der Waals surface area contributed by atoms with Crippen LogP contribution in [0.25, 0.3) is 28.3 Å². The van der Waals surface area contributed by atoms with Gasteiger partial charge >= 0.3 is 0 Å². The lowest BCUT2D eigenvalue weighted by Gasteiger charge is -2.07. The maximum absolute atomic E-state index is 14.1. The summed E-state index contributed by atoms with van der Waals surface area (Å²) in [6.45, 7) is 0. The third kappa shape index (κ3) is 2.92. The zero-order valence-corrected chi connectivity index (χ0v) is 12.9. The lowest BCUT2D eigenvalue weighted by Crippen LogP contribution is -2.01. The first-order valence-corrected chi connectivity index (χ1v) is 7.44.